The molecule has 2 aromatic heterocycles. The smallest absolute Gasteiger partial charge is 0.122 e. The van der Waals surface area contributed by atoms with Crippen LogP contribution in [0.5, 0.6) is 0 Å². The molecule has 0 amide bonds. The Morgan fingerprint density at radius 2 is 2.00 bits per heavy atom. The van der Waals surface area contributed by atoms with Gasteiger partial charge in [-0.1, -0.05) is 0 Å². The van der Waals surface area contributed by atoms with Crippen molar-refractivity contribution >= 4 is 0 Å². The molecule has 0 bridgehead atoms. The number of ether oxygens (including phenoxy) is 1. The first-order chi connectivity index (χ1) is 12.1. The second kappa shape index (κ2) is 6.94. The first kappa shape index (κ1) is 16.8. The average Bonchev–Trinajstić information content (AvgIpc) is 3.23. The van der Waals surface area contributed by atoms with Crippen LogP contribution in [0.3, 0.4) is 0 Å². The molecule has 6 heteroatoms. The van der Waals surface area contributed by atoms with Crippen LogP contribution in [-0.4, -0.2) is 58.7 Å². The summed E-state index contributed by atoms with van der Waals surface area (Å²) in [6.45, 7) is 9.70. The lowest BCUT2D eigenvalue weighted by Crippen LogP contribution is -2.40. The number of hydrogen-bond acceptors (Lipinski definition) is 5. The highest BCUT2D eigenvalue weighted by Gasteiger charge is 2.41. The molecule has 0 aromatic carbocycles. The maximum absolute atomic E-state index is 5.99. The van der Waals surface area contributed by atoms with Gasteiger partial charge in [0.25, 0.3) is 0 Å². The normalized spacial score (nSPS) is 25.7. The summed E-state index contributed by atoms with van der Waals surface area (Å²) in [4.78, 5) is 9.49. The molecule has 4 rings (SSSR count). The molecule has 2 aliphatic heterocycles. The maximum atomic E-state index is 5.99. The summed E-state index contributed by atoms with van der Waals surface area (Å²) in [5, 5.41) is 0. The van der Waals surface area contributed by atoms with Gasteiger partial charge in [0.15, 0.2) is 0 Å². The maximum Gasteiger partial charge on any atom is 0.122 e. The minimum absolute atomic E-state index is 0.225. The van der Waals surface area contributed by atoms with Gasteiger partial charge in [-0.3, -0.25) is 9.80 Å². The van der Waals surface area contributed by atoms with E-state index in [2.05, 4.69) is 32.5 Å². The van der Waals surface area contributed by atoms with Crippen molar-refractivity contribution in [1.29, 1.82) is 0 Å². The topological polar surface area (TPSA) is 46.7 Å². The predicted octanol–water partition coefficient (Wildman–Crippen LogP) is 2.05. The molecular weight excluding hydrogens is 316 g/mol. The second-order valence-corrected chi connectivity index (χ2v) is 7.69. The van der Waals surface area contributed by atoms with E-state index in [1.807, 2.05) is 25.4 Å². The zero-order chi connectivity index (χ0) is 17.3. The van der Waals surface area contributed by atoms with Crippen molar-refractivity contribution in [3.8, 4) is 0 Å². The zero-order valence-corrected chi connectivity index (χ0v) is 15.3. The fourth-order valence-corrected chi connectivity index (χ4v) is 4.17. The van der Waals surface area contributed by atoms with Crippen LogP contribution in [0.4, 0.5) is 0 Å². The van der Waals surface area contributed by atoms with Crippen LogP contribution >= 0.6 is 0 Å². The van der Waals surface area contributed by atoms with Crippen molar-refractivity contribution in [2.75, 3.05) is 39.4 Å². The molecular formula is C19H28N4O2. The Morgan fingerprint density at radius 1 is 1.16 bits per heavy atom. The number of aromatic nitrogens is 2. The summed E-state index contributed by atoms with van der Waals surface area (Å²) >= 11 is 0. The summed E-state index contributed by atoms with van der Waals surface area (Å²) in [6.07, 6.45) is 5.08. The van der Waals surface area contributed by atoms with Crippen molar-refractivity contribution in [3.05, 3.63) is 41.9 Å². The van der Waals surface area contributed by atoms with Crippen LogP contribution in [-0.2, 0) is 24.9 Å². The van der Waals surface area contributed by atoms with E-state index in [9.17, 15) is 0 Å². The molecule has 2 aromatic rings. The van der Waals surface area contributed by atoms with Crippen LogP contribution < -0.4 is 0 Å². The van der Waals surface area contributed by atoms with Crippen LogP contribution in [0, 0.1) is 12.3 Å². The summed E-state index contributed by atoms with van der Waals surface area (Å²) in [7, 11) is 2.07. The SMILES string of the molecule is Cc1ccc(CN2CCOC[C@]3(CCN(Cc4nccn4C)C3)C2)o1. The van der Waals surface area contributed by atoms with Gasteiger partial charge in [-0.15, -0.1) is 0 Å². The Kier molecular flexibility index (Phi) is 4.67. The standard InChI is InChI=1S/C19H28N4O2/c1-16-3-4-17(25-16)11-23-9-10-24-15-19(14-23)5-7-22(13-19)12-18-20-6-8-21(18)2/h3-4,6,8H,5,7,9-15H2,1-2H3/t19-/m0/s1. The van der Waals surface area contributed by atoms with Crippen molar-refractivity contribution in [3.63, 3.8) is 0 Å². The minimum Gasteiger partial charge on any atom is -0.465 e. The van der Waals surface area contributed by atoms with E-state index in [1.165, 1.54) is 6.42 Å². The first-order valence-electron chi connectivity index (χ1n) is 9.16. The lowest BCUT2D eigenvalue weighted by molar-refractivity contribution is 0.0701. The Balaban J connectivity index is 1.41. The largest absolute Gasteiger partial charge is 0.465 e. The van der Waals surface area contributed by atoms with E-state index in [1.54, 1.807) is 0 Å². The number of nitrogens with zero attached hydrogens (tertiary/aromatic N) is 4. The number of aryl methyl sites for hydroxylation is 2. The van der Waals surface area contributed by atoms with Gasteiger partial charge in [-0.05, 0) is 32.0 Å². The molecule has 136 valence electrons. The molecule has 4 heterocycles. The highest BCUT2D eigenvalue weighted by Crippen LogP contribution is 2.34. The van der Waals surface area contributed by atoms with Gasteiger partial charge in [-0.25, -0.2) is 4.98 Å². The molecule has 25 heavy (non-hydrogen) atoms. The van der Waals surface area contributed by atoms with Gasteiger partial charge in [0.1, 0.15) is 17.3 Å². The van der Waals surface area contributed by atoms with E-state index < -0.39 is 0 Å². The van der Waals surface area contributed by atoms with Crippen LogP contribution in [0.25, 0.3) is 0 Å². The molecule has 2 aliphatic rings. The fourth-order valence-electron chi connectivity index (χ4n) is 4.17. The van der Waals surface area contributed by atoms with Gasteiger partial charge >= 0.3 is 0 Å². The summed E-state index contributed by atoms with van der Waals surface area (Å²) < 4.78 is 13.9. The molecule has 1 atom stereocenters. The summed E-state index contributed by atoms with van der Waals surface area (Å²) in [5.41, 5.74) is 0.225. The quantitative estimate of drug-likeness (QED) is 0.849. The molecule has 0 N–H and O–H groups in total. The van der Waals surface area contributed by atoms with Crippen LogP contribution in [0.2, 0.25) is 0 Å². The Hall–Kier alpha value is -1.63. The fraction of sp³-hybridized carbons (Fsp3) is 0.632. The van der Waals surface area contributed by atoms with Gasteiger partial charge in [0.05, 0.1) is 26.3 Å². The number of rotatable bonds is 4. The van der Waals surface area contributed by atoms with Gasteiger partial charge < -0.3 is 13.7 Å². The first-order valence-corrected chi connectivity index (χ1v) is 9.16. The highest BCUT2D eigenvalue weighted by molar-refractivity contribution is 5.06. The van der Waals surface area contributed by atoms with E-state index >= 15 is 0 Å². The zero-order valence-electron chi connectivity index (χ0n) is 15.3. The van der Waals surface area contributed by atoms with Crippen molar-refractivity contribution in [2.45, 2.75) is 26.4 Å². The van der Waals surface area contributed by atoms with E-state index in [0.29, 0.717) is 0 Å². The Labute approximate surface area is 149 Å². The third-order valence-electron chi connectivity index (χ3n) is 5.50. The predicted molar refractivity (Wildman–Crippen MR) is 95.1 cm³/mol. The van der Waals surface area contributed by atoms with E-state index in [4.69, 9.17) is 9.15 Å². The van der Waals surface area contributed by atoms with Crippen LogP contribution in [0.15, 0.2) is 28.9 Å². The highest BCUT2D eigenvalue weighted by atomic mass is 16.5. The third-order valence-corrected chi connectivity index (χ3v) is 5.50. The molecule has 0 unspecified atom stereocenters. The molecule has 2 saturated heterocycles. The summed E-state index contributed by atoms with van der Waals surface area (Å²) in [5.74, 6) is 3.17. The number of likely N-dealkylation sites (tertiary alicyclic amines) is 1. The summed E-state index contributed by atoms with van der Waals surface area (Å²) in [6, 6.07) is 4.14. The van der Waals surface area contributed by atoms with Gasteiger partial charge in [0, 0.05) is 44.5 Å². The lowest BCUT2D eigenvalue weighted by Gasteiger charge is -2.31. The Bertz CT molecular complexity index is 710. The molecule has 1 spiro atoms. The van der Waals surface area contributed by atoms with E-state index in [0.717, 1.165) is 69.8 Å². The molecule has 2 fully saturated rings. The van der Waals surface area contributed by atoms with Crippen LogP contribution in [0.1, 0.15) is 23.8 Å². The minimum atomic E-state index is 0.225. The monoisotopic (exact) mass is 344 g/mol. The number of furan rings is 1. The number of imidazole rings is 1. The van der Waals surface area contributed by atoms with Gasteiger partial charge in [0.2, 0.25) is 0 Å². The van der Waals surface area contributed by atoms with Gasteiger partial charge in [-0.2, -0.15) is 0 Å². The number of hydrogen-bond donors (Lipinski definition) is 0. The molecule has 0 aliphatic carbocycles. The molecule has 0 saturated carbocycles. The average molecular weight is 344 g/mol. The van der Waals surface area contributed by atoms with Crippen molar-refractivity contribution in [1.82, 2.24) is 19.4 Å². The molecule has 0 radical (unpaired) electrons. The lowest BCUT2D eigenvalue weighted by atomic mass is 9.87. The second-order valence-electron chi connectivity index (χ2n) is 7.69. The molecule has 6 nitrogen and oxygen atoms in total. The Morgan fingerprint density at radius 3 is 2.72 bits per heavy atom. The van der Waals surface area contributed by atoms with Crippen molar-refractivity contribution in [2.24, 2.45) is 12.5 Å². The van der Waals surface area contributed by atoms with Crippen molar-refractivity contribution < 1.29 is 9.15 Å². The third kappa shape index (κ3) is 3.81. The van der Waals surface area contributed by atoms with E-state index in [-0.39, 0.29) is 5.41 Å².